The molecule has 0 aliphatic carbocycles. The van der Waals surface area contributed by atoms with Gasteiger partial charge in [-0.1, -0.05) is 17.7 Å². The van der Waals surface area contributed by atoms with Crippen molar-refractivity contribution in [2.75, 3.05) is 11.9 Å². The van der Waals surface area contributed by atoms with E-state index in [0.717, 1.165) is 42.3 Å². The molecule has 0 saturated carbocycles. The number of anilines is 2. The SMILES string of the molecule is Clc1cccc(Nc2nc(Cl)nc3c2CCNC3)c1. The van der Waals surface area contributed by atoms with Gasteiger partial charge in [-0.15, -0.1) is 0 Å². The van der Waals surface area contributed by atoms with E-state index >= 15 is 0 Å². The third-order valence-electron chi connectivity index (χ3n) is 3.00. The topological polar surface area (TPSA) is 49.8 Å². The van der Waals surface area contributed by atoms with Crippen LogP contribution in [-0.2, 0) is 13.0 Å². The van der Waals surface area contributed by atoms with E-state index in [1.54, 1.807) is 0 Å². The molecule has 2 heterocycles. The number of rotatable bonds is 2. The quantitative estimate of drug-likeness (QED) is 0.836. The number of aromatic nitrogens is 2. The summed E-state index contributed by atoms with van der Waals surface area (Å²) in [5.74, 6) is 0.763. The van der Waals surface area contributed by atoms with Crippen LogP contribution in [0.2, 0.25) is 10.3 Å². The van der Waals surface area contributed by atoms with Crippen LogP contribution in [0.3, 0.4) is 0 Å². The summed E-state index contributed by atoms with van der Waals surface area (Å²) in [5.41, 5.74) is 2.96. The maximum Gasteiger partial charge on any atom is 0.224 e. The van der Waals surface area contributed by atoms with Crippen LogP contribution in [0.1, 0.15) is 11.3 Å². The van der Waals surface area contributed by atoms with Crippen molar-refractivity contribution in [2.45, 2.75) is 13.0 Å². The molecule has 0 spiro atoms. The molecule has 6 heteroatoms. The van der Waals surface area contributed by atoms with Crippen molar-refractivity contribution in [2.24, 2.45) is 0 Å². The molecule has 0 atom stereocenters. The zero-order valence-electron chi connectivity index (χ0n) is 10.1. The second-order valence-electron chi connectivity index (χ2n) is 4.33. The van der Waals surface area contributed by atoms with Gasteiger partial charge in [-0.2, -0.15) is 0 Å². The van der Waals surface area contributed by atoms with Crippen LogP contribution in [0.4, 0.5) is 11.5 Å². The Labute approximate surface area is 121 Å². The molecule has 0 unspecified atom stereocenters. The van der Waals surface area contributed by atoms with Gasteiger partial charge in [0, 0.05) is 22.8 Å². The third kappa shape index (κ3) is 2.81. The summed E-state index contributed by atoms with van der Waals surface area (Å²) in [7, 11) is 0. The molecule has 2 N–H and O–H groups in total. The van der Waals surface area contributed by atoms with E-state index in [0.29, 0.717) is 5.02 Å². The average molecular weight is 295 g/mol. The largest absolute Gasteiger partial charge is 0.340 e. The first kappa shape index (κ1) is 12.7. The van der Waals surface area contributed by atoms with E-state index in [-0.39, 0.29) is 5.28 Å². The normalized spacial score (nSPS) is 14.0. The Hall–Kier alpha value is -1.36. The average Bonchev–Trinajstić information content (AvgIpc) is 2.38. The van der Waals surface area contributed by atoms with Gasteiger partial charge < -0.3 is 10.6 Å². The minimum atomic E-state index is 0.256. The van der Waals surface area contributed by atoms with Crippen LogP contribution >= 0.6 is 23.2 Å². The maximum atomic E-state index is 5.98. The molecule has 0 saturated heterocycles. The zero-order chi connectivity index (χ0) is 13.2. The number of nitrogens with zero attached hydrogens (tertiary/aromatic N) is 2. The number of hydrogen-bond donors (Lipinski definition) is 2. The lowest BCUT2D eigenvalue weighted by Crippen LogP contribution is -2.26. The van der Waals surface area contributed by atoms with E-state index in [1.165, 1.54) is 0 Å². The molecule has 19 heavy (non-hydrogen) atoms. The van der Waals surface area contributed by atoms with Crippen molar-refractivity contribution in [3.8, 4) is 0 Å². The van der Waals surface area contributed by atoms with Crippen LogP contribution in [0.5, 0.6) is 0 Å². The summed E-state index contributed by atoms with van der Waals surface area (Å²) in [5, 5.41) is 7.47. The molecule has 0 bridgehead atoms. The first-order chi connectivity index (χ1) is 9.22. The van der Waals surface area contributed by atoms with Crippen molar-refractivity contribution in [1.29, 1.82) is 0 Å². The maximum absolute atomic E-state index is 5.98. The molecule has 1 aromatic heterocycles. The van der Waals surface area contributed by atoms with Gasteiger partial charge in [0.1, 0.15) is 5.82 Å². The second kappa shape index (κ2) is 5.33. The Morgan fingerprint density at radius 2 is 2.11 bits per heavy atom. The lowest BCUT2D eigenvalue weighted by Gasteiger charge is -2.19. The molecule has 1 aromatic carbocycles. The van der Waals surface area contributed by atoms with Gasteiger partial charge in [-0.3, -0.25) is 0 Å². The van der Waals surface area contributed by atoms with Gasteiger partial charge in [-0.05, 0) is 42.8 Å². The van der Waals surface area contributed by atoms with Crippen LogP contribution in [-0.4, -0.2) is 16.5 Å². The van der Waals surface area contributed by atoms with Gasteiger partial charge in [0.15, 0.2) is 0 Å². The van der Waals surface area contributed by atoms with E-state index in [1.807, 2.05) is 24.3 Å². The minimum Gasteiger partial charge on any atom is -0.340 e. The van der Waals surface area contributed by atoms with Gasteiger partial charge >= 0.3 is 0 Å². The first-order valence-electron chi connectivity index (χ1n) is 6.01. The highest BCUT2D eigenvalue weighted by molar-refractivity contribution is 6.30. The lowest BCUT2D eigenvalue weighted by molar-refractivity contribution is 0.625. The van der Waals surface area contributed by atoms with Crippen molar-refractivity contribution in [3.63, 3.8) is 0 Å². The van der Waals surface area contributed by atoms with Gasteiger partial charge in [-0.25, -0.2) is 9.97 Å². The van der Waals surface area contributed by atoms with Crippen LogP contribution < -0.4 is 10.6 Å². The van der Waals surface area contributed by atoms with Crippen molar-refractivity contribution in [1.82, 2.24) is 15.3 Å². The molecule has 98 valence electrons. The molecule has 3 rings (SSSR count). The van der Waals surface area contributed by atoms with E-state index < -0.39 is 0 Å². The highest BCUT2D eigenvalue weighted by atomic mass is 35.5. The summed E-state index contributed by atoms with van der Waals surface area (Å²) in [6, 6.07) is 7.51. The molecule has 0 radical (unpaired) electrons. The number of benzene rings is 1. The van der Waals surface area contributed by atoms with Crippen molar-refractivity contribution < 1.29 is 0 Å². The molecule has 1 aliphatic heterocycles. The summed E-state index contributed by atoms with van der Waals surface area (Å²) >= 11 is 11.9. The smallest absolute Gasteiger partial charge is 0.224 e. The predicted molar refractivity (Wildman–Crippen MR) is 77.2 cm³/mol. The molecular weight excluding hydrogens is 283 g/mol. The van der Waals surface area contributed by atoms with Crippen LogP contribution in [0.25, 0.3) is 0 Å². The number of halogens is 2. The molecule has 4 nitrogen and oxygen atoms in total. The molecule has 2 aromatic rings. The van der Waals surface area contributed by atoms with Crippen LogP contribution in [0.15, 0.2) is 24.3 Å². The standard InChI is InChI=1S/C13H12Cl2N4/c14-8-2-1-3-9(6-8)17-12-10-4-5-16-7-11(10)18-13(15)19-12/h1-3,6,16H,4-5,7H2,(H,17,18,19). The molecular formula is C13H12Cl2N4. The second-order valence-corrected chi connectivity index (χ2v) is 5.10. The highest BCUT2D eigenvalue weighted by Gasteiger charge is 2.17. The Morgan fingerprint density at radius 3 is 2.95 bits per heavy atom. The first-order valence-corrected chi connectivity index (χ1v) is 6.76. The molecule has 1 aliphatic rings. The predicted octanol–water partition coefficient (Wildman–Crippen LogP) is 3.17. The molecule has 0 amide bonds. The Morgan fingerprint density at radius 1 is 1.21 bits per heavy atom. The Balaban J connectivity index is 1.98. The third-order valence-corrected chi connectivity index (χ3v) is 3.40. The zero-order valence-corrected chi connectivity index (χ0v) is 11.6. The van der Waals surface area contributed by atoms with Gasteiger partial charge in [0.25, 0.3) is 0 Å². The summed E-state index contributed by atoms with van der Waals surface area (Å²) in [6.07, 6.45) is 0.884. The van der Waals surface area contributed by atoms with Crippen LogP contribution in [0, 0.1) is 0 Å². The molecule has 0 fully saturated rings. The van der Waals surface area contributed by atoms with E-state index in [9.17, 15) is 0 Å². The fourth-order valence-corrected chi connectivity index (χ4v) is 2.51. The van der Waals surface area contributed by atoms with Crippen molar-refractivity contribution in [3.05, 3.63) is 45.8 Å². The van der Waals surface area contributed by atoms with Gasteiger partial charge in [0.05, 0.1) is 5.69 Å². The summed E-state index contributed by atoms with van der Waals surface area (Å²) in [4.78, 5) is 8.54. The Kier molecular flexibility index (Phi) is 3.55. The number of nitrogens with one attached hydrogen (secondary N) is 2. The lowest BCUT2D eigenvalue weighted by atomic mass is 10.1. The van der Waals surface area contributed by atoms with Crippen molar-refractivity contribution >= 4 is 34.7 Å². The van der Waals surface area contributed by atoms with E-state index in [4.69, 9.17) is 23.2 Å². The number of fused-ring (bicyclic) bond motifs is 1. The monoisotopic (exact) mass is 294 g/mol. The van der Waals surface area contributed by atoms with Gasteiger partial charge in [0.2, 0.25) is 5.28 Å². The fraction of sp³-hybridized carbons (Fsp3) is 0.231. The number of hydrogen-bond acceptors (Lipinski definition) is 4. The minimum absolute atomic E-state index is 0.256. The van der Waals surface area contributed by atoms with E-state index in [2.05, 4.69) is 20.6 Å². The summed E-state index contributed by atoms with van der Waals surface area (Å²) in [6.45, 7) is 1.64. The highest BCUT2D eigenvalue weighted by Crippen LogP contribution is 2.26. The Bertz CT molecular complexity index is 616. The summed E-state index contributed by atoms with van der Waals surface area (Å²) < 4.78 is 0. The fourth-order valence-electron chi connectivity index (χ4n) is 2.14.